The number of hydrogen-bond donors (Lipinski definition) is 2. The molecule has 2 N–H and O–H groups in total. The van der Waals surface area contributed by atoms with Crippen LogP contribution in [-0.2, 0) is 4.74 Å². The number of anilines is 1. The number of carbonyl (C=O) groups excluding carboxylic acids is 1. The molecule has 0 bridgehead atoms. The predicted molar refractivity (Wildman–Crippen MR) is 115 cm³/mol. The number of halogens is 1. The van der Waals surface area contributed by atoms with Crippen LogP contribution in [0.15, 0.2) is 52.6 Å². The number of hydrogen-bond acceptors (Lipinski definition) is 6. The van der Waals surface area contributed by atoms with Gasteiger partial charge in [0.1, 0.15) is 12.2 Å². The van der Waals surface area contributed by atoms with Crippen LogP contribution in [0, 0.1) is 16.8 Å². The maximum Gasteiger partial charge on any atom is 0.416 e. The van der Waals surface area contributed by atoms with Crippen molar-refractivity contribution in [3.63, 3.8) is 0 Å². The number of rotatable bonds is 8. The molecule has 9 heteroatoms. The second-order valence-electron chi connectivity index (χ2n) is 5.34. The van der Waals surface area contributed by atoms with E-state index in [1.165, 1.54) is 11.0 Å². The summed E-state index contributed by atoms with van der Waals surface area (Å²) in [6, 6.07) is 12.1. The average Bonchev–Trinajstić information content (AvgIpc) is 2.76. The van der Waals surface area contributed by atoms with Crippen molar-refractivity contribution in [1.29, 1.82) is 10.9 Å². The molecular formula is C20H26FN5O2S. The van der Waals surface area contributed by atoms with Gasteiger partial charge in [0, 0.05) is 22.7 Å². The van der Waals surface area contributed by atoms with Crippen LogP contribution in [0.25, 0.3) is 11.1 Å². The standard InChI is InChI=1S/C18H20FN5O2S.C2H6/c1-3-24(18(25)26-12-23(11-20)22-21)14-6-9-16(17(19)10-14)13-4-7-15(27-2)8-5-13;1-2/h4-11,20-21H,3,12H2,1-2H3;1-2H3. The van der Waals surface area contributed by atoms with E-state index in [1.807, 2.05) is 44.4 Å². The van der Waals surface area contributed by atoms with Gasteiger partial charge in [-0.1, -0.05) is 31.2 Å². The summed E-state index contributed by atoms with van der Waals surface area (Å²) in [5.41, 5.74) is 8.37. The van der Waals surface area contributed by atoms with Crippen molar-refractivity contribution >= 4 is 29.9 Å². The molecule has 0 aliphatic rings. The molecule has 7 nitrogen and oxygen atoms in total. The third-order valence-corrected chi connectivity index (χ3v) is 4.54. The lowest BCUT2D eigenvalue weighted by Gasteiger charge is -2.22. The SMILES string of the molecule is CC.CCN(C(=O)OCN(C=N)N=N)c1ccc(-c2ccc(SC)cc2)c(F)c1. The highest BCUT2D eigenvalue weighted by Crippen LogP contribution is 2.28. The third kappa shape index (κ3) is 6.56. The Balaban J connectivity index is 0.00000204. The Bertz CT molecular complexity index is 809. The summed E-state index contributed by atoms with van der Waals surface area (Å²) in [5.74, 6) is -0.446. The average molecular weight is 420 g/mol. The highest BCUT2D eigenvalue weighted by Gasteiger charge is 2.18. The Kier molecular flexibility index (Phi) is 10.4. The Labute approximate surface area is 174 Å². The van der Waals surface area contributed by atoms with Crippen LogP contribution in [0.4, 0.5) is 14.9 Å². The second kappa shape index (κ2) is 12.5. The van der Waals surface area contributed by atoms with Gasteiger partial charge in [0.05, 0.1) is 0 Å². The van der Waals surface area contributed by atoms with Gasteiger partial charge in [0.2, 0.25) is 0 Å². The molecule has 0 aliphatic heterocycles. The van der Waals surface area contributed by atoms with Gasteiger partial charge in [-0.3, -0.25) is 10.3 Å². The van der Waals surface area contributed by atoms with Crippen LogP contribution in [0.5, 0.6) is 0 Å². The number of benzene rings is 2. The zero-order valence-corrected chi connectivity index (χ0v) is 17.8. The summed E-state index contributed by atoms with van der Waals surface area (Å²) >= 11 is 1.61. The van der Waals surface area contributed by atoms with Gasteiger partial charge in [-0.25, -0.2) is 14.2 Å². The second-order valence-corrected chi connectivity index (χ2v) is 6.22. The van der Waals surface area contributed by atoms with E-state index in [9.17, 15) is 9.18 Å². The number of carbonyl (C=O) groups is 1. The molecule has 0 atom stereocenters. The van der Waals surface area contributed by atoms with Crippen molar-refractivity contribution in [2.24, 2.45) is 5.22 Å². The van der Waals surface area contributed by atoms with Gasteiger partial charge >= 0.3 is 6.09 Å². The van der Waals surface area contributed by atoms with Crippen molar-refractivity contribution in [3.05, 3.63) is 48.3 Å². The van der Waals surface area contributed by atoms with Crippen LogP contribution in [0.3, 0.4) is 0 Å². The van der Waals surface area contributed by atoms with E-state index in [4.69, 9.17) is 15.7 Å². The van der Waals surface area contributed by atoms with E-state index in [1.54, 1.807) is 30.8 Å². The van der Waals surface area contributed by atoms with Gasteiger partial charge in [0.25, 0.3) is 0 Å². The Morgan fingerprint density at radius 1 is 1.24 bits per heavy atom. The van der Waals surface area contributed by atoms with Crippen LogP contribution in [0.1, 0.15) is 20.8 Å². The van der Waals surface area contributed by atoms with Crippen molar-refractivity contribution in [2.45, 2.75) is 25.7 Å². The molecule has 29 heavy (non-hydrogen) atoms. The first kappa shape index (κ1) is 24.1. The minimum atomic E-state index is -0.718. The van der Waals surface area contributed by atoms with Gasteiger partial charge < -0.3 is 4.74 Å². The first-order valence-electron chi connectivity index (χ1n) is 9.06. The molecule has 0 saturated carbocycles. The molecule has 0 fully saturated rings. The first-order chi connectivity index (χ1) is 14.0. The number of nitrogens with zero attached hydrogens (tertiary/aromatic N) is 3. The number of ether oxygens (including phenoxy) is 1. The van der Waals surface area contributed by atoms with Crippen LogP contribution < -0.4 is 4.90 Å². The van der Waals surface area contributed by atoms with Crippen LogP contribution in [0.2, 0.25) is 0 Å². The Morgan fingerprint density at radius 2 is 1.90 bits per heavy atom. The highest BCUT2D eigenvalue weighted by molar-refractivity contribution is 7.98. The lowest BCUT2D eigenvalue weighted by atomic mass is 10.0. The van der Waals surface area contributed by atoms with Gasteiger partial charge in [0.15, 0.2) is 6.73 Å². The van der Waals surface area contributed by atoms with E-state index in [0.717, 1.165) is 21.8 Å². The summed E-state index contributed by atoms with van der Waals surface area (Å²) in [6.07, 6.45) is 2.01. The smallest absolute Gasteiger partial charge is 0.416 e. The summed E-state index contributed by atoms with van der Waals surface area (Å²) in [4.78, 5) is 14.6. The molecule has 0 heterocycles. The molecule has 1 amide bonds. The molecule has 0 aromatic heterocycles. The lowest BCUT2D eigenvalue weighted by molar-refractivity contribution is 0.107. The molecule has 2 aromatic rings. The molecule has 2 rings (SSSR count). The van der Waals surface area contributed by atoms with Crippen molar-refractivity contribution in [3.8, 4) is 11.1 Å². The van der Waals surface area contributed by atoms with Crippen LogP contribution >= 0.6 is 11.8 Å². The Hall–Kier alpha value is -2.94. The molecule has 2 aromatic carbocycles. The quantitative estimate of drug-likeness (QED) is 0.137. The molecule has 0 aliphatic carbocycles. The number of thioether (sulfide) groups is 1. The van der Waals surface area contributed by atoms with E-state index in [-0.39, 0.29) is 13.3 Å². The van der Waals surface area contributed by atoms with Crippen LogP contribution in [-0.4, -0.2) is 37.0 Å². The minimum Gasteiger partial charge on any atom is -0.426 e. The monoisotopic (exact) mass is 419 g/mol. The molecule has 0 spiro atoms. The molecule has 0 saturated heterocycles. The maximum absolute atomic E-state index is 14.6. The minimum absolute atomic E-state index is 0.267. The van der Waals surface area contributed by atoms with E-state index >= 15 is 0 Å². The fourth-order valence-electron chi connectivity index (χ4n) is 2.39. The first-order valence-corrected chi connectivity index (χ1v) is 10.3. The largest absolute Gasteiger partial charge is 0.426 e. The van der Waals surface area contributed by atoms with E-state index in [0.29, 0.717) is 11.3 Å². The Morgan fingerprint density at radius 3 is 2.38 bits per heavy atom. The lowest BCUT2D eigenvalue weighted by Crippen LogP contribution is -2.34. The summed E-state index contributed by atoms with van der Waals surface area (Å²) in [7, 11) is 0. The molecule has 0 unspecified atom stereocenters. The van der Waals surface area contributed by atoms with Crippen molar-refractivity contribution in [2.75, 3.05) is 24.4 Å². The zero-order chi connectivity index (χ0) is 21.8. The van der Waals surface area contributed by atoms with E-state index < -0.39 is 11.9 Å². The summed E-state index contributed by atoms with van der Waals surface area (Å²) in [5, 5.41) is 10.8. The van der Waals surface area contributed by atoms with Gasteiger partial charge in [-0.05, 0) is 49.1 Å². The van der Waals surface area contributed by atoms with Crippen molar-refractivity contribution < 1.29 is 13.9 Å². The number of nitrogens with one attached hydrogen (secondary N) is 2. The predicted octanol–water partition coefficient (Wildman–Crippen LogP) is 6.02. The fourth-order valence-corrected chi connectivity index (χ4v) is 2.80. The summed E-state index contributed by atoms with van der Waals surface area (Å²) < 4.78 is 19.6. The molecular weight excluding hydrogens is 393 g/mol. The fraction of sp³-hybridized carbons (Fsp3) is 0.300. The third-order valence-electron chi connectivity index (χ3n) is 3.80. The van der Waals surface area contributed by atoms with Gasteiger partial charge in [-0.2, -0.15) is 5.53 Å². The topological polar surface area (TPSA) is 92.8 Å². The normalized spacial score (nSPS) is 9.69. The summed E-state index contributed by atoms with van der Waals surface area (Å²) in [6.45, 7) is 5.63. The highest BCUT2D eigenvalue weighted by atomic mass is 32.2. The molecule has 0 radical (unpaired) electrons. The van der Waals surface area contributed by atoms with E-state index in [2.05, 4.69) is 5.22 Å². The molecule has 156 valence electrons. The number of amides is 1. The van der Waals surface area contributed by atoms with Gasteiger partial charge in [-0.15, -0.1) is 11.8 Å². The zero-order valence-electron chi connectivity index (χ0n) is 17.0. The maximum atomic E-state index is 14.6. The van der Waals surface area contributed by atoms with Crippen molar-refractivity contribution in [1.82, 2.24) is 5.01 Å².